The molecule has 0 amide bonds. The minimum Gasteiger partial charge on any atom is -0.347 e. The molecule has 74 heavy (non-hydrogen) atoms. The summed E-state index contributed by atoms with van der Waals surface area (Å²) < 4.78 is 0. The third kappa shape index (κ3) is 10.7. The number of fused-ring (bicyclic) bond motifs is 4. The van der Waals surface area contributed by atoms with E-state index in [0.29, 0.717) is 11.1 Å². The van der Waals surface area contributed by atoms with Crippen LogP contribution in [0, 0.1) is 0 Å². The summed E-state index contributed by atoms with van der Waals surface area (Å²) >= 11 is 0. The van der Waals surface area contributed by atoms with Gasteiger partial charge in [-0.05, 0) is 138 Å². The molecule has 0 aromatic heterocycles. The van der Waals surface area contributed by atoms with Crippen molar-refractivity contribution in [1.82, 2.24) is 0 Å². The van der Waals surface area contributed by atoms with Crippen molar-refractivity contribution in [3.8, 4) is 66.8 Å². The summed E-state index contributed by atoms with van der Waals surface area (Å²) in [5.41, 5.74) is 19.2. The maximum atomic E-state index is 12.1. The van der Waals surface area contributed by atoms with E-state index in [-0.39, 0.29) is 48.5 Å². The molecule has 6 aromatic rings. The lowest BCUT2D eigenvalue weighted by molar-refractivity contribution is 0.492. The molecule has 0 saturated heterocycles. The van der Waals surface area contributed by atoms with Gasteiger partial charge in [-0.25, -0.2) is 0 Å². The van der Waals surface area contributed by atoms with E-state index in [4.69, 9.17) is 0 Å². The maximum Gasteiger partial charge on any atom is 0.201 e. The molecule has 4 N–H and O–H groups in total. The normalized spacial score (nSPS) is 13.9. The second-order valence-electron chi connectivity index (χ2n) is 29.7. The molecule has 0 unspecified atom stereocenters. The van der Waals surface area contributed by atoms with Crippen LogP contribution in [0.15, 0.2) is 84.9 Å². The summed E-state index contributed by atoms with van der Waals surface area (Å²) in [5.74, 6) is 0. The van der Waals surface area contributed by atoms with Crippen LogP contribution < -0.4 is 10.6 Å². The molecule has 1 aliphatic carbocycles. The van der Waals surface area contributed by atoms with Gasteiger partial charge in [-0.2, -0.15) is 0 Å². The highest BCUT2D eigenvalue weighted by Crippen LogP contribution is 2.63. The van der Waals surface area contributed by atoms with Crippen LogP contribution >= 0.6 is 16.8 Å². The van der Waals surface area contributed by atoms with Gasteiger partial charge in [0.25, 0.3) is 0 Å². The fourth-order valence-electron chi connectivity index (χ4n) is 11.1. The minimum absolute atomic E-state index is 0.0710. The van der Waals surface area contributed by atoms with Crippen LogP contribution in [0.4, 0.5) is 0 Å². The molecule has 0 fully saturated rings. The van der Waals surface area contributed by atoms with Gasteiger partial charge in [0.15, 0.2) is 0 Å². The third-order valence-corrected chi connectivity index (χ3v) is 17.3. The smallest absolute Gasteiger partial charge is 0.201 e. The van der Waals surface area contributed by atoms with Crippen molar-refractivity contribution in [2.24, 2.45) is 0 Å². The van der Waals surface area contributed by atoms with Gasteiger partial charge in [-0.15, -0.1) is 0 Å². The van der Waals surface area contributed by atoms with Gasteiger partial charge >= 0.3 is 0 Å². The van der Waals surface area contributed by atoms with Gasteiger partial charge in [0.2, 0.25) is 16.8 Å². The third-order valence-electron chi connectivity index (χ3n) is 15.4. The van der Waals surface area contributed by atoms with Gasteiger partial charge in [0, 0.05) is 16.7 Å². The van der Waals surface area contributed by atoms with Gasteiger partial charge in [0.1, 0.15) is 0 Å². The molecule has 1 aliphatic rings. The van der Waals surface area contributed by atoms with E-state index in [1.165, 1.54) is 33.4 Å². The van der Waals surface area contributed by atoms with Crippen LogP contribution in [0.2, 0.25) is 0 Å². The average Bonchev–Trinajstić information content (AvgIpc) is 3.23. The minimum atomic E-state index is -2.89. The summed E-state index contributed by atoms with van der Waals surface area (Å²) in [7, 11) is -5.75. The highest BCUT2D eigenvalue weighted by Gasteiger charge is 2.44. The monoisotopic (exact) mass is 1030 g/mol. The Morgan fingerprint density at radius 2 is 0.473 bits per heavy atom. The number of hydrogen-bond acceptors (Lipinski definition) is 4. The van der Waals surface area contributed by atoms with Gasteiger partial charge in [-0.3, -0.25) is 0 Å². The fraction of sp³-hybridized carbons (Fsp3) is 0.471. The van der Waals surface area contributed by atoms with Gasteiger partial charge in [-0.1, -0.05) is 251 Å². The molecule has 7 rings (SSSR count). The number of hydrogen-bond donors (Lipinski definition) is 4. The van der Waals surface area contributed by atoms with E-state index in [0.717, 1.165) is 66.8 Å². The molecule has 0 atom stereocenters. The van der Waals surface area contributed by atoms with Crippen LogP contribution in [0.5, 0.6) is 0 Å². The largest absolute Gasteiger partial charge is 0.347 e. The predicted molar refractivity (Wildman–Crippen MR) is 324 cm³/mol. The van der Waals surface area contributed by atoms with Crippen molar-refractivity contribution in [1.29, 1.82) is 0 Å². The number of rotatable bonds is 6. The van der Waals surface area contributed by atoms with E-state index in [9.17, 15) is 19.6 Å². The first-order valence-electron chi connectivity index (χ1n) is 26.9. The molecular formula is C68H90O4P2. The van der Waals surface area contributed by atoms with Crippen LogP contribution in [-0.2, 0) is 43.3 Å². The maximum absolute atomic E-state index is 12.1. The fourth-order valence-corrected chi connectivity index (χ4v) is 13.1. The molecular weight excluding hydrogens is 943 g/mol. The Morgan fingerprint density at radius 1 is 0.230 bits per heavy atom. The van der Waals surface area contributed by atoms with E-state index in [1.807, 2.05) is 0 Å². The van der Waals surface area contributed by atoms with Crippen LogP contribution in [0.1, 0.15) is 211 Å². The summed E-state index contributed by atoms with van der Waals surface area (Å²) in [6.45, 7) is 54.4. The first-order valence-corrected chi connectivity index (χ1v) is 29.4. The van der Waals surface area contributed by atoms with Crippen molar-refractivity contribution in [2.45, 2.75) is 209 Å². The highest BCUT2D eigenvalue weighted by atomic mass is 31.2. The molecule has 0 heterocycles. The second kappa shape index (κ2) is 18.9. The summed E-state index contributed by atoms with van der Waals surface area (Å²) in [4.78, 5) is 48.4. The predicted octanol–water partition coefficient (Wildman–Crippen LogP) is 18.2. The molecule has 0 saturated carbocycles. The van der Waals surface area contributed by atoms with Crippen molar-refractivity contribution >= 4 is 27.4 Å². The summed E-state index contributed by atoms with van der Waals surface area (Å²) in [6.07, 6.45) is 0. The van der Waals surface area contributed by atoms with E-state index < -0.39 is 22.2 Å². The molecule has 4 nitrogen and oxygen atoms in total. The zero-order chi connectivity index (χ0) is 55.8. The molecule has 6 heteroatoms. The zero-order valence-corrected chi connectivity index (χ0v) is 51.6. The summed E-state index contributed by atoms with van der Waals surface area (Å²) in [6, 6.07) is 32.1. The van der Waals surface area contributed by atoms with Crippen LogP contribution in [0.3, 0.4) is 0 Å². The highest BCUT2D eigenvalue weighted by molar-refractivity contribution is 7.61. The van der Waals surface area contributed by atoms with E-state index in [2.05, 4.69) is 251 Å². The Kier molecular flexibility index (Phi) is 14.7. The lowest BCUT2D eigenvalue weighted by Crippen LogP contribution is -2.32. The first-order chi connectivity index (χ1) is 33.5. The van der Waals surface area contributed by atoms with Crippen LogP contribution in [0.25, 0.3) is 66.8 Å². The SMILES string of the molecule is CC(C)(C)c1ccc(-c2ccc3c(c2-c2ccc(C(C)(C)C)cc2C(C)(C)C)-c2c(-c4ccc(C(C)(C)C)cc4C(C)(C)C)c(-c4ccc(C(C)(C)C)cc4C(C)(C)C)c(P(O)O)c(P(O)O)c2-3)c(C(C)(C)C)c1. The first kappa shape index (κ1) is 57.7. The summed E-state index contributed by atoms with van der Waals surface area (Å²) in [5, 5.41) is 0.413. The standard InChI is InChI=1S/C68H90O4P2/c1-61(2,3)39-25-29-43(49(35-39)65(13,14)15)44-33-34-48-55(53(44)45-30-26-40(62(4,5)6)36-50(45)66(16,17)18)58-54(46-31-27-41(63(7,8)9)37-51(46)67(19,20)21)56(59(73(69)70)60(57(48)58)74(71)72)47-32-28-42(64(10,11)12)38-52(47)68(22,23)24/h25-38,69-72H,1-24H3. The molecule has 0 radical (unpaired) electrons. The van der Waals surface area contributed by atoms with Gasteiger partial charge < -0.3 is 19.6 Å². The van der Waals surface area contributed by atoms with Crippen molar-refractivity contribution in [3.05, 3.63) is 129 Å². The number of benzene rings is 6. The van der Waals surface area contributed by atoms with Crippen molar-refractivity contribution in [2.75, 3.05) is 0 Å². The lowest BCUT2D eigenvalue weighted by Gasteiger charge is -2.40. The Morgan fingerprint density at radius 3 is 0.770 bits per heavy atom. The molecule has 0 bridgehead atoms. The zero-order valence-electron chi connectivity index (χ0n) is 49.8. The van der Waals surface area contributed by atoms with Gasteiger partial charge in [0.05, 0.1) is 10.6 Å². The quantitative estimate of drug-likeness (QED) is 0.125. The Balaban J connectivity index is 1.86. The van der Waals surface area contributed by atoms with E-state index in [1.54, 1.807) is 0 Å². The Bertz CT molecular complexity index is 3160. The van der Waals surface area contributed by atoms with Crippen LogP contribution in [-0.4, -0.2) is 19.6 Å². The Labute approximate surface area is 450 Å². The molecule has 0 aliphatic heterocycles. The lowest BCUT2D eigenvalue weighted by atomic mass is 9.65. The molecule has 6 aromatic carbocycles. The van der Waals surface area contributed by atoms with Crippen molar-refractivity contribution < 1.29 is 19.6 Å². The Hall–Kier alpha value is -3.98. The van der Waals surface area contributed by atoms with Crippen molar-refractivity contribution in [3.63, 3.8) is 0 Å². The molecule has 0 spiro atoms. The second-order valence-corrected chi connectivity index (χ2v) is 31.8. The van der Waals surface area contributed by atoms with E-state index >= 15 is 0 Å². The molecule has 396 valence electrons. The average molecular weight is 1030 g/mol. The topological polar surface area (TPSA) is 80.9 Å².